The standard InChI is InChI=1S/C9H15NO5/c1-5-14-7(11)9(10-3,13-4)8(12)15-6-2/h3,5-6H2,1-2,4H3. The van der Waals surface area contributed by atoms with Gasteiger partial charge in [-0.25, -0.2) is 14.6 Å². The topological polar surface area (TPSA) is 74.2 Å². The van der Waals surface area contributed by atoms with Gasteiger partial charge in [0.25, 0.3) is 0 Å². The molecule has 0 amide bonds. The first kappa shape index (κ1) is 13.6. The molecule has 0 fully saturated rings. The van der Waals surface area contributed by atoms with Gasteiger partial charge in [-0.1, -0.05) is 0 Å². The van der Waals surface area contributed by atoms with Crippen LogP contribution in [0, 0.1) is 0 Å². The number of esters is 2. The number of rotatable bonds is 6. The number of nitrogens with zero attached hydrogens (tertiary/aromatic N) is 1. The molecule has 6 heteroatoms. The fourth-order valence-electron chi connectivity index (χ4n) is 0.901. The third kappa shape index (κ3) is 2.76. The fraction of sp³-hybridized carbons (Fsp3) is 0.667. The van der Waals surface area contributed by atoms with Crippen molar-refractivity contribution in [2.75, 3.05) is 20.3 Å². The molecule has 0 N–H and O–H groups in total. The van der Waals surface area contributed by atoms with Crippen molar-refractivity contribution in [3.05, 3.63) is 0 Å². The molecule has 0 heterocycles. The maximum absolute atomic E-state index is 11.5. The van der Waals surface area contributed by atoms with E-state index in [-0.39, 0.29) is 13.2 Å². The molecule has 86 valence electrons. The first-order chi connectivity index (χ1) is 7.08. The molecule has 0 aromatic carbocycles. The van der Waals surface area contributed by atoms with Crippen molar-refractivity contribution in [3.63, 3.8) is 0 Å². The van der Waals surface area contributed by atoms with Crippen molar-refractivity contribution in [2.45, 2.75) is 19.6 Å². The van der Waals surface area contributed by atoms with Crippen molar-refractivity contribution in [1.29, 1.82) is 0 Å². The summed E-state index contributed by atoms with van der Waals surface area (Å²) in [6.07, 6.45) is 0. The van der Waals surface area contributed by atoms with E-state index in [4.69, 9.17) is 4.74 Å². The van der Waals surface area contributed by atoms with Crippen LogP contribution in [0.3, 0.4) is 0 Å². The van der Waals surface area contributed by atoms with E-state index >= 15 is 0 Å². The van der Waals surface area contributed by atoms with Gasteiger partial charge in [-0.3, -0.25) is 0 Å². The van der Waals surface area contributed by atoms with Gasteiger partial charge >= 0.3 is 17.7 Å². The smallest absolute Gasteiger partial charge is 0.374 e. The number of hydrogen-bond donors (Lipinski definition) is 0. The van der Waals surface area contributed by atoms with Crippen LogP contribution in [-0.4, -0.2) is 44.7 Å². The molecule has 0 radical (unpaired) electrons. The number of carbonyl (C=O) groups excluding carboxylic acids is 2. The Bertz CT molecular complexity index is 233. The predicted octanol–water partition coefficient (Wildman–Crippen LogP) is 0.156. The Hall–Kier alpha value is -1.43. The van der Waals surface area contributed by atoms with Gasteiger partial charge < -0.3 is 14.2 Å². The van der Waals surface area contributed by atoms with Gasteiger partial charge in [0.2, 0.25) is 0 Å². The summed E-state index contributed by atoms with van der Waals surface area (Å²) in [7, 11) is 1.16. The van der Waals surface area contributed by atoms with Crippen LogP contribution in [0.1, 0.15) is 13.8 Å². The Morgan fingerprint density at radius 1 is 1.20 bits per heavy atom. The molecule has 0 unspecified atom stereocenters. The van der Waals surface area contributed by atoms with Crippen LogP contribution in [0.25, 0.3) is 0 Å². The monoisotopic (exact) mass is 217 g/mol. The second kappa shape index (κ2) is 6.13. The van der Waals surface area contributed by atoms with Crippen molar-refractivity contribution < 1.29 is 23.8 Å². The number of aliphatic imine (C=N–C) groups is 1. The first-order valence-electron chi connectivity index (χ1n) is 4.46. The highest BCUT2D eigenvalue weighted by atomic mass is 16.6. The van der Waals surface area contributed by atoms with E-state index in [0.29, 0.717) is 0 Å². The molecule has 0 rings (SSSR count). The zero-order valence-electron chi connectivity index (χ0n) is 9.11. The van der Waals surface area contributed by atoms with E-state index in [1.54, 1.807) is 13.8 Å². The summed E-state index contributed by atoms with van der Waals surface area (Å²) in [5.74, 6) is -1.86. The molecule has 0 aliphatic heterocycles. The maximum atomic E-state index is 11.5. The van der Waals surface area contributed by atoms with Gasteiger partial charge in [-0.15, -0.1) is 0 Å². The molecule has 0 aliphatic carbocycles. The second-order valence-electron chi connectivity index (χ2n) is 2.45. The zero-order chi connectivity index (χ0) is 11.9. The SMILES string of the molecule is C=NC(OC)(C(=O)OCC)C(=O)OCC. The van der Waals surface area contributed by atoms with Gasteiger partial charge in [0, 0.05) is 7.11 Å². The van der Waals surface area contributed by atoms with Crippen LogP contribution in [0.4, 0.5) is 0 Å². The molecule has 0 aliphatic rings. The van der Waals surface area contributed by atoms with Gasteiger partial charge in [0.05, 0.1) is 13.2 Å². The van der Waals surface area contributed by atoms with E-state index in [2.05, 4.69) is 21.2 Å². The molecule has 0 bridgehead atoms. The highest BCUT2D eigenvalue weighted by Gasteiger charge is 2.49. The molecule has 0 aromatic rings. The minimum atomic E-state index is -2.11. The van der Waals surface area contributed by atoms with Gasteiger partial charge in [-0.2, -0.15) is 0 Å². The van der Waals surface area contributed by atoms with E-state index in [1.165, 1.54) is 0 Å². The molecule has 0 aromatic heterocycles. The lowest BCUT2D eigenvalue weighted by atomic mass is 10.2. The highest BCUT2D eigenvalue weighted by Crippen LogP contribution is 2.16. The Morgan fingerprint density at radius 2 is 1.60 bits per heavy atom. The lowest BCUT2D eigenvalue weighted by Gasteiger charge is -2.22. The van der Waals surface area contributed by atoms with Crippen molar-refractivity contribution in [2.24, 2.45) is 4.99 Å². The summed E-state index contributed by atoms with van der Waals surface area (Å²) >= 11 is 0. The van der Waals surface area contributed by atoms with Crippen molar-refractivity contribution in [3.8, 4) is 0 Å². The van der Waals surface area contributed by atoms with E-state index in [0.717, 1.165) is 7.11 Å². The Labute approximate surface area is 88.2 Å². The molecular weight excluding hydrogens is 202 g/mol. The normalized spacial score (nSPS) is 10.6. The van der Waals surface area contributed by atoms with E-state index in [9.17, 15) is 9.59 Å². The number of methoxy groups -OCH3 is 1. The fourth-order valence-corrected chi connectivity index (χ4v) is 0.901. The summed E-state index contributed by atoms with van der Waals surface area (Å²) in [5.41, 5.74) is -2.11. The van der Waals surface area contributed by atoms with Gasteiger partial charge in [0.1, 0.15) is 0 Å². The molecule has 15 heavy (non-hydrogen) atoms. The summed E-state index contributed by atoms with van der Waals surface area (Å²) in [6, 6.07) is 0. The zero-order valence-corrected chi connectivity index (χ0v) is 9.11. The molecule has 0 spiro atoms. The van der Waals surface area contributed by atoms with Gasteiger partial charge in [-0.05, 0) is 20.6 Å². The Balaban J connectivity index is 4.94. The highest BCUT2D eigenvalue weighted by molar-refractivity contribution is 6.03. The van der Waals surface area contributed by atoms with Crippen LogP contribution in [0.5, 0.6) is 0 Å². The van der Waals surface area contributed by atoms with Crippen LogP contribution >= 0.6 is 0 Å². The minimum absolute atomic E-state index is 0.110. The number of ether oxygens (including phenoxy) is 3. The Kier molecular flexibility index (Phi) is 5.54. The number of hydrogen-bond acceptors (Lipinski definition) is 6. The van der Waals surface area contributed by atoms with E-state index < -0.39 is 17.7 Å². The molecule has 6 nitrogen and oxygen atoms in total. The van der Waals surface area contributed by atoms with Gasteiger partial charge in [0.15, 0.2) is 0 Å². The lowest BCUT2D eigenvalue weighted by molar-refractivity contribution is -0.185. The third-order valence-electron chi connectivity index (χ3n) is 1.62. The minimum Gasteiger partial charge on any atom is -0.462 e. The third-order valence-corrected chi connectivity index (χ3v) is 1.62. The van der Waals surface area contributed by atoms with Crippen molar-refractivity contribution in [1.82, 2.24) is 0 Å². The Morgan fingerprint density at radius 3 is 1.80 bits per heavy atom. The average Bonchev–Trinajstić information content (AvgIpc) is 2.21. The van der Waals surface area contributed by atoms with Crippen LogP contribution in [0.15, 0.2) is 4.99 Å². The van der Waals surface area contributed by atoms with Crippen LogP contribution in [0.2, 0.25) is 0 Å². The van der Waals surface area contributed by atoms with Crippen molar-refractivity contribution >= 4 is 18.7 Å². The predicted molar refractivity (Wildman–Crippen MR) is 52.6 cm³/mol. The first-order valence-corrected chi connectivity index (χ1v) is 4.46. The molecule has 0 saturated carbocycles. The molecule has 0 saturated heterocycles. The summed E-state index contributed by atoms with van der Waals surface area (Å²) in [4.78, 5) is 26.3. The molecular formula is C9H15NO5. The van der Waals surface area contributed by atoms with Crippen LogP contribution < -0.4 is 0 Å². The summed E-state index contributed by atoms with van der Waals surface area (Å²) < 4.78 is 14.1. The summed E-state index contributed by atoms with van der Waals surface area (Å²) in [6.45, 7) is 6.56. The van der Waals surface area contributed by atoms with Crippen LogP contribution in [-0.2, 0) is 23.8 Å². The average molecular weight is 217 g/mol. The lowest BCUT2D eigenvalue weighted by Crippen LogP contribution is -2.48. The summed E-state index contributed by atoms with van der Waals surface area (Å²) in [5, 5.41) is 0. The second-order valence-corrected chi connectivity index (χ2v) is 2.45. The quantitative estimate of drug-likeness (QED) is 0.360. The largest absolute Gasteiger partial charge is 0.462 e. The molecule has 0 atom stereocenters. The maximum Gasteiger partial charge on any atom is 0.374 e. The van der Waals surface area contributed by atoms with E-state index in [1.807, 2.05) is 0 Å². The number of carbonyl (C=O) groups is 2.